The number of rotatable bonds is 4. The Morgan fingerprint density at radius 3 is 2.94 bits per heavy atom. The zero-order valence-corrected chi connectivity index (χ0v) is 9.33. The molecule has 0 amide bonds. The number of hydrogen-bond donors (Lipinski definition) is 3. The number of oxime groups is 1. The van der Waals surface area contributed by atoms with Crippen molar-refractivity contribution >= 4 is 11.7 Å². The highest BCUT2D eigenvalue weighted by atomic mass is 16.4. The van der Waals surface area contributed by atoms with Crippen LogP contribution in [0, 0.1) is 0 Å². The number of pyridine rings is 1. The van der Waals surface area contributed by atoms with Gasteiger partial charge in [0.1, 0.15) is 5.82 Å². The van der Waals surface area contributed by atoms with E-state index in [1.165, 1.54) is 0 Å². The summed E-state index contributed by atoms with van der Waals surface area (Å²) in [7, 11) is 1.82. The summed E-state index contributed by atoms with van der Waals surface area (Å²) in [5, 5.41) is 20.5. The van der Waals surface area contributed by atoms with E-state index in [2.05, 4.69) is 10.1 Å². The molecule has 0 aliphatic carbocycles. The van der Waals surface area contributed by atoms with Gasteiger partial charge in [-0.2, -0.15) is 0 Å². The van der Waals surface area contributed by atoms with Crippen LogP contribution < -0.4 is 10.6 Å². The molecule has 1 unspecified atom stereocenters. The van der Waals surface area contributed by atoms with Crippen LogP contribution in [0.4, 0.5) is 5.82 Å². The molecule has 0 saturated carbocycles. The maximum Gasteiger partial charge on any atom is 0.170 e. The van der Waals surface area contributed by atoms with Crippen LogP contribution in [0.2, 0.25) is 0 Å². The van der Waals surface area contributed by atoms with Gasteiger partial charge in [0, 0.05) is 18.8 Å². The van der Waals surface area contributed by atoms with Gasteiger partial charge in [-0.3, -0.25) is 0 Å². The minimum absolute atomic E-state index is 0.0337. The van der Waals surface area contributed by atoms with E-state index in [0.29, 0.717) is 11.4 Å². The Bertz CT molecular complexity index is 381. The molecule has 0 aliphatic heterocycles. The Morgan fingerprint density at radius 2 is 2.38 bits per heavy atom. The minimum atomic E-state index is -0.0463. The lowest BCUT2D eigenvalue weighted by Crippen LogP contribution is -2.32. The van der Waals surface area contributed by atoms with Crippen molar-refractivity contribution in [1.82, 2.24) is 4.98 Å². The highest BCUT2D eigenvalue weighted by molar-refractivity contribution is 5.97. The van der Waals surface area contributed by atoms with Gasteiger partial charge in [0.2, 0.25) is 0 Å². The Labute approximate surface area is 94.0 Å². The Morgan fingerprint density at radius 1 is 1.69 bits per heavy atom. The van der Waals surface area contributed by atoms with Crippen molar-refractivity contribution in [3.8, 4) is 0 Å². The molecule has 4 N–H and O–H groups in total. The Hall–Kier alpha value is -1.82. The molecule has 88 valence electrons. The Balaban J connectivity index is 2.98. The number of likely N-dealkylation sites (N-methyl/N-ethyl adjacent to an activating group) is 1. The molecule has 1 rings (SSSR count). The van der Waals surface area contributed by atoms with Gasteiger partial charge in [0.25, 0.3) is 0 Å². The molecule has 0 aliphatic rings. The predicted molar refractivity (Wildman–Crippen MR) is 61.7 cm³/mol. The lowest BCUT2D eigenvalue weighted by atomic mass is 10.2. The first-order chi connectivity index (χ1) is 7.60. The molecule has 6 heteroatoms. The van der Waals surface area contributed by atoms with Crippen molar-refractivity contribution in [2.24, 2.45) is 10.9 Å². The average molecular weight is 224 g/mol. The molecule has 0 radical (unpaired) electrons. The van der Waals surface area contributed by atoms with Crippen LogP contribution in [0.5, 0.6) is 0 Å². The SMILES string of the molecule is CC(CO)N(C)c1cc(/C(N)=N/O)ccn1. The lowest BCUT2D eigenvalue weighted by molar-refractivity contribution is 0.270. The number of amidine groups is 1. The third-order valence-electron chi connectivity index (χ3n) is 2.44. The monoisotopic (exact) mass is 224 g/mol. The van der Waals surface area contributed by atoms with E-state index in [9.17, 15) is 0 Å². The molecular formula is C10H16N4O2. The first-order valence-electron chi connectivity index (χ1n) is 4.87. The van der Waals surface area contributed by atoms with E-state index in [-0.39, 0.29) is 18.5 Å². The van der Waals surface area contributed by atoms with Gasteiger partial charge >= 0.3 is 0 Å². The lowest BCUT2D eigenvalue weighted by Gasteiger charge is -2.24. The van der Waals surface area contributed by atoms with Crippen LogP contribution in [0.1, 0.15) is 12.5 Å². The summed E-state index contributed by atoms with van der Waals surface area (Å²) in [6.45, 7) is 1.91. The van der Waals surface area contributed by atoms with Gasteiger partial charge in [0.15, 0.2) is 5.84 Å². The molecule has 1 atom stereocenters. The fourth-order valence-corrected chi connectivity index (χ4v) is 1.18. The maximum atomic E-state index is 9.03. The van der Waals surface area contributed by atoms with E-state index < -0.39 is 0 Å². The first-order valence-corrected chi connectivity index (χ1v) is 4.87. The normalized spacial score (nSPS) is 13.6. The topological polar surface area (TPSA) is 95.0 Å². The van der Waals surface area contributed by atoms with Crippen LogP contribution in [0.25, 0.3) is 0 Å². The van der Waals surface area contributed by atoms with Crippen molar-refractivity contribution in [3.05, 3.63) is 23.9 Å². The van der Waals surface area contributed by atoms with Crippen molar-refractivity contribution in [2.75, 3.05) is 18.6 Å². The predicted octanol–water partition coefficient (Wildman–Crippen LogP) is -0.00690. The van der Waals surface area contributed by atoms with E-state index in [1.54, 1.807) is 18.3 Å². The van der Waals surface area contributed by atoms with Crippen molar-refractivity contribution in [1.29, 1.82) is 0 Å². The fourth-order valence-electron chi connectivity index (χ4n) is 1.18. The summed E-state index contributed by atoms with van der Waals surface area (Å²) in [4.78, 5) is 5.96. The minimum Gasteiger partial charge on any atom is -0.409 e. The summed E-state index contributed by atoms with van der Waals surface area (Å²) < 4.78 is 0. The van der Waals surface area contributed by atoms with Crippen LogP contribution in [-0.4, -0.2) is 40.8 Å². The third kappa shape index (κ3) is 2.60. The van der Waals surface area contributed by atoms with Crippen LogP contribution >= 0.6 is 0 Å². The highest BCUT2D eigenvalue weighted by Crippen LogP contribution is 2.13. The number of anilines is 1. The van der Waals surface area contributed by atoms with E-state index in [0.717, 1.165) is 0 Å². The number of hydrogen-bond acceptors (Lipinski definition) is 5. The third-order valence-corrected chi connectivity index (χ3v) is 2.44. The molecule has 0 aromatic carbocycles. The molecule has 1 aromatic heterocycles. The number of nitrogens with two attached hydrogens (primary N) is 1. The number of aromatic nitrogens is 1. The molecule has 1 heterocycles. The summed E-state index contributed by atoms with van der Waals surface area (Å²) in [5.74, 6) is 0.694. The Kier molecular flexibility index (Phi) is 4.07. The standard InChI is InChI=1S/C10H16N4O2/c1-7(6-15)14(2)9-5-8(3-4-12-9)10(11)13-16/h3-5,7,15-16H,6H2,1-2H3,(H2,11,13). The fraction of sp³-hybridized carbons (Fsp3) is 0.400. The smallest absolute Gasteiger partial charge is 0.170 e. The molecule has 0 saturated heterocycles. The van der Waals surface area contributed by atoms with E-state index >= 15 is 0 Å². The second-order valence-electron chi connectivity index (χ2n) is 3.53. The van der Waals surface area contributed by atoms with E-state index in [4.69, 9.17) is 16.0 Å². The molecular weight excluding hydrogens is 208 g/mol. The number of nitrogens with zero attached hydrogens (tertiary/aromatic N) is 3. The van der Waals surface area contributed by atoms with Gasteiger partial charge in [0.05, 0.1) is 12.6 Å². The summed E-state index contributed by atoms with van der Waals surface area (Å²) >= 11 is 0. The zero-order valence-electron chi connectivity index (χ0n) is 9.33. The second-order valence-corrected chi connectivity index (χ2v) is 3.53. The summed E-state index contributed by atoms with van der Waals surface area (Å²) in [5.41, 5.74) is 6.06. The van der Waals surface area contributed by atoms with Gasteiger partial charge < -0.3 is 20.9 Å². The molecule has 16 heavy (non-hydrogen) atoms. The molecule has 0 fully saturated rings. The van der Waals surface area contributed by atoms with Gasteiger partial charge in [-0.05, 0) is 19.1 Å². The van der Waals surface area contributed by atoms with E-state index in [1.807, 2.05) is 18.9 Å². The average Bonchev–Trinajstić information content (AvgIpc) is 2.36. The van der Waals surface area contributed by atoms with Gasteiger partial charge in [-0.1, -0.05) is 5.16 Å². The summed E-state index contributed by atoms with van der Waals surface area (Å²) in [6.07, 6.45) is 1.57. The van der Waals surface area contributed by atoms with Crippen LogP contribution in [0.3, 0.4) is 0 Å². The first kappa shape index (κ1) is 12.3. The number of aliphatic hydroxyl groups excluding tert-OH is 1. The quantitative estimate of drug-likeness (QED) is 0.289. The van der Waals surface area contributed by atoms with Crippen LogP contribution in [-0.2, 0) is 0 Å². The van der Waals surface area contributed by atoms with Crippen molar-refractivity contribution in [2.45, 2.75) is 13.0 Å². The van der Waals surface area contributed by atoms with Crippen molar-refractivity contribution < 1.29 is 10.3 Å². The molecule has 0 bridgehead atoms. The second kappa shape index (κ2) is 5.32. The molecule has 0 spiro atoms. The zero-order chi connectivity index (χ0) is 12.1. The highest BCUT2D eigenvalue weighted by Gasteiger charge is 2.11. The van der Waals surface area contributed by atoms with Gasteiger partial charge in [-0.15, -0.1) is 0 Å². The largest absolute Gasteiger partial charge is 0.409 e. The maximum absolute atomic E-state index is 9.03. The van der Waals surface area contributed by atoms with Gasteiger partial charge in [-0.25, -0.2) is 4.98 Å². The number of aliphatic hydroxyl groups is 1. The molecule has 1 aromatic rings. The molecule has 6 nitrogen and oxygen atoms in total. The van der Waals surface area contributed by atoms with Crippen molar-refractivity contribution in [3.63, 3.8) is 0 Å². The summed E-state index contributed by atoms with van der Waals surface area (Å²) in [6, 6.07) is 3.30. The van der Waals surface area contributed by atoms with Crippen LogP contribution in [0.15, 0.2) is 23.5 Å².